The van der Waals surface area contributed by atoms with E-state index in [9.17, 15) is 0 Å². The van der Waals surface area contributed by atoms with Gasteiger partial charge in [0.15, 0.2) is 5.96 Å². The summed E-state index contributed by atoms with van der Waals surface area (Å²) in [5.41, 5.74) is 1.24. The maximum absolute atomic E-state index is 5.68. The van der Waals surface area contributed by atoms with Crippen LogP contribution in [0.4, 0.5) is 0 Å². The Balaban J connectivity index is 2.44. The van der Waals surface area contributed by atoms with E-state index in [4.69, 9.17) is 11.2 Å². The molecule has 4 nitrogen and oxygen atoms in total. The molecule has 0 atom stereocenters. The topological polar surface area (TPSA) is 45.7 Å². The van der Waals surface area contributed by atoms with E-state index in [0.29, 0.717) is 19.0 Å². The van der Waals surface area contributed by atoms with Crippen molar-refractivity contribution in [2.75, 3.05) is 26.2 Å². The predicted molar refractivity (Wildman–Crippen MR) is 93.3 cm³/mol. The summed E-state index contributed by atoms with van der Waals surface area (Å²) in [5, 5.41) is 6.24. The second-order valence-electron chi connectivity index (χ2n) is 5.42. The van der Waals surface area contributed by atoms with Gasteiger partial charge in [0.1, 0.15) is 5.75 Å². The molecule has 0 saturated heterocycles. The van der Waals surface area contributed by atoms with Gasteiger partial charge in [-0.1, -0.05) is 31.9 Å². The van der Waals surface area contributed by atoms with E-state index in [1.807, 2.05) is 19.1 Å². The highest BCUT2D eigenvalue weighted by Gasteiger charge is 1.99. The van der Waals surface area contributed by atoms with Gasteiger partial charge >= 0.3 is 0 Å². The smallest absolute Gasteiger partial charge is 0.192 e. The highest BCUT2D eigenvalue weighted by atomic mass is 16.5. The fraction of sp³-hybridized carbons (Fsp3) is 0.500. The summed E-state index contributed by atoms with van der Waals surface area (Å²) in [6.45, 7) is 9.07. The van der Waals surface area contributed by atoms with Gasteiger partial charge in [0.2, 0.25) is 0 Å². The first-order chi connectivity index (χ1) is 10.7. The van der Waals surface area contributed by atoms with Crippen LogP contribution in [0.15, 0.2) is 29.3 Å². The van der Waals surface area contributed by atoms with Crippen LogP contribution >= 0.6 is 0 Å². The van der Waals surface area contributed by atoms with Gasteiger partial charge in [-0.15, -0.1) is 6.42 Å². The van der Waals surface area contributed by atoms with Crippen LogP contribution in [0, 0.1) is 18.3 Å². The highest BCUT2D eigenvalue weighted by molar-refractivity contribution is 5.79. The predicted octanol–water partition coefficient (Wildman–Crippen LogP) is 2.45. The fourth-order valence-electron chi connectivity index (χ4n) is 1.79. The maximum Gasteiger partial charge on any atom is 0.192 e. The summed E-state index contributed by atoms with van der Waals surface area (Å²) >= 11 is 0. The monoisotopic (exact) mass is 301 g/mol. The lowest BCUT2D eigenvalue weighted by molar-refractivity contribution is 0.271. The van der Waals surface area contributed by atoms with Crippen molar-refractivity contribution in [2.24, 2.45) is 10.9 Å². The third-order valence-electron chi connectivity index (χ3n) is 2.88. The quantitative estimate of drug-likeness (QED) is 0.440. The SMILES string of the molecule is C#CCNC(=NCCc1ccc(OCC(C)C)cc1)NCC. The van der Waals surface area contributed by atoms with Crippen LogP contribution in [0.25, 0.3) is 0 Å². The van der Waals surface area contributed by atoms with Gasteiger partial charge in [-0.25, -0.2) is 0 Å². The molecule has 0 aliphatic rings. The number of terminal acetylenes is 1. The Morgan fingerprint density at radius 3 is 2.59 bits per heavy atom. The average molecular weight is 301 g/mol. The van der Waals surface area contributed by atoms with Crippen molar-refractivity contribution in [2.45, 2.75) is 27.2 Å². The Bertz CT molecular complexity index is 486. The second kappa shape index (κ2) is 10.6. The molecule has 1 rings (SSSR count). The number of hydrogen-bond donors (Lipinski definition) is 2. The van der Waals surface area contributed by atoms with Crippen molar-refractivity contribution in [3.63, 3.8) is 0 Å². The molecule has 120 valence electrons. The van der Waals surface area contributed by atoms with Crippen molar-refractivity contribution >= 4 is 5.96 Å². The van der Waals surface area contributed by atoms with Gasteiger partial charge in [0.25, 0.3) is 0 Å². The third-order valence-corrected chi connectivity index (χ3v) is 2.88. The van der Waals surface area contributed by atoms with Crippen LogP contribution in [0.3, 0.4) is 0 Å². The number of guanidine groups is 1. The number of hydrogen-bond acceptors (Lipinski definition) is 2. The molecule has 0 saturated carbocycles. The molecule has 2 N–H and O–H groups in total. The van der Waals surface area contributed by atoms with Gasteiger partial charge in [-0.2, -0.15) is 0 Å². The van der Waals surface area contributed by atoms with Gasteiger partial charge in [0.05, 0.1) is 13.2 Å². The number of benzene rings is 1. The standard InChI is InChI=1S/C18H27N3O/c1-5-12-20-18(19-6-2)21-13-11-16-7-9-17(10-8-16)22-14-15(3)4/h1,7-10,15H,6,11-14H2,2-4H3,(H2,19,20,21). The van der Waals surface area contributed by atoms with E-state index in [1.54, 1.807) is 0 Å². The van der Waals surface area contributed by atoms with E-state index in [-0.39, 0.29) is 0 Å². The molecule has 0 unspecified atom stereocenters. The van der Waals surface area contributed by atoms with Crippen molar-refractivity contribution < 1.29 is 4.74 Å². The molecule has 4 heteroatoms. The van der Waals surface area contributed by atoms with Crippen molar-refractivity contribution in [1.82, 2.24) is 10.6 Å². The Morgan fingerprint density at radius 2 is 2.00 bits per heavy atom. The summed E-state index contributed by atoms with van der Waals surface area (Å²) in [4.78, 5) is 4.50. The third kappa shape index (κ3) is 7.58. The minimum Gasteiger partial charge on any atom is -0.493 e. The molecule has 0 aromatic heterocycles. The fourth-order valence-corrected chi connectivity index (χ4v) is 1.79. The molecule has 1 aromatic carbocycles. The van der Waals surface area contributed by atoms with Crippen LogP contribution in [0.2, 0.25) is 0 Å². The Kier molecular flexibility index (Phi) is 8.59. The minimum atomic E-state index is 0.480. The van der Waals surface area contributed by atoms with E-state index >= 15 is 0 Å². The average Bonchev–Trinajstić information content (AvgIpc) is 2.51. The molecule has 0 amide bonds. The van der Waals surface area contributed by atoms with E-state index in [0.717, 1.165) is 31.3 Å². The summed E-state index contributed by atoms with van der Waals surface area (Å²) in [6, 6.07) is 8.21. The van der Waals surface area contributed by atoms with Gasteiger partial charge in [0, 0.05) is 13.1 Å². The highest BCUT2D eigenvalue weighted by Crippen LogP contribution is 2.13. The van der Waals surface area contributed by atoms with Crippen molar-refractivity contribution in [3.8, 4) is 18.1 Å². The van der Waals surface area contributed by atoms with Gasteiger partial charge < -0.3 is 15.4 Å². The lowest BCUT2D eigenvalue weighted by atomic mass is 10.1. The van der Waals surface area contributed by atoms with Crippen molar-refractivity contribution in [1.29, 1.82) is 0 Å². The normalized spacial score (nSPS) is 11.1. The number of nitrogens with zero attached hydrogens (tertiary/aromatic N) is 1. The summed E-state index contributed by atoms with van der Waals surface area (Å²) < 4.78 is 5.68. The Hall–Kier alpha value is -2.15. The molecule has 0 radical (unpaired) electrons. The first kappa shape index (κ1) is 17.9. The zero-order chi connectivity index (χ0) is 16.2. The van der Waals surface area contributed by atoms with E-state index < -0.39 is 0 Å². The molecule has 0 spiro atoms. The number of rotatable bonds is 8. The molecule has 0 heterocycles. The minimum absolute atomic E-state index is 0.480. The number of aliphatic imine (C=N–C) groups is 1. The molecule has 0 fully saturated rings. The first-order valence-electron chi connectivity index (χ1n) is 7.83. The molecule has 1 aromatic rings. The van der Waals surface area contributed by atoms with Crippen molar-refractivity contribution in [3.05, 3.63) is 29.8 Å². The Labute approximate surface area is 134 Å². The molecular weight excluding hydrogens is 274 g/mol. The molecule has 0 aliphatic carbocycles. The summed E-state index contributed by atoms with van der Waals surface area (Å²) in [6.07, 6.45) is 6.13. The number of ether oxygens (including phenoxy) is 1. The largest absolute Gasteiger partial charge is 0.493 e. The van der Waals surface area contributed by atoms with E-state index in [1.165, 1.54) is 5.56 Å². The van der Waals surface area contributed by atoms with Crippen LogP contribution in [-0.2, 0) is 6.42 Å². The second-order valence-corrected chi connectivity index (χ2v) is 5.42. The van der Waals surface area contributed by atoms with Gasteiger partial charge in [-0.3, -0.25) is 4.99 Å². The van der Waals surface area contributed by atoms with E-state index in [2.05, 4.69) is 47.5 Å². The molecular formula is C18H27N3O. The first-order valence-corrected chi connectivity index (χ1v) is 7.83. The van der Waals surface area contributed by atoms with Gasteiger partial charge in [-0.05, 0) is 37.0 Å². The summed E-state index contributed by atoms with van der Waals surface area (Å²) in [5.74, 6) is 4.76. The lowest BCUT2D eigenvalue weighted by Gasteiger charge is -2.10. The zero-order valence-corrected chi connectivity index (χ0v) is 13.9. The number of nitrogens with one attached hydrogen (secondary N) is 2. The zero-order valence-electron chi connectivity index (χ0n) is 13.9. The van der Waals surface area contributed by atoms with Crippen LogP contribution in [-0.4, -0.2) is 32.2 Å². The van der Waals surface area contributed by atoms with Crippen LogP contribution < -0.4 is 15.4 Å². The Morgan fingerprint density at radius 1 is 1.27 bits per heavy atom. The summed E-state index contributed by atoms with van der Waals surface area (Å²) in [7, 11) is 0. The lowest BCUT2D eigenvalue weighted by Crippen LogP contribution is -2.37. The molecule has 0 bridgehead atoms. The van der Waals surface area contributed by atoms with Crippen LogP contribution in [0.1, 0.15) is 26.3 Å². The molecule has 0 aliphatic heterocycles. The van der Waals surface area contributed by atoms with Crippen LogP contribution in [0.5, 0.6) is 5.75 Å². The maximum atomic E-state index is 5.68. The molecule has 22 heavy (non-hydrogen) atoms.